The number of hydrogen-bond acceptors (Lipinski definition) is 2. The van der Waals surface area contributed by atoms with Crippen LogP contribution < -0.4 is 0 Å². The van der Waals surface area contributed by atoms with Crippen LogP contribution in [0.3, 0.4) is 0 Å². The van der Waals surface area contributed by atoms with Crippen LogP contribution in [0.5, 0.6) is 0 Å². The van der Waals surface area contributed by atoms with E-state index in [1.165, 1.54) is 12.7 Å². The molecule has 3 atom stereocenters. The molecule has 0 aromatic carbocycles. The molecule has 3 nitrogen and oxygen atoms in total. The average Bonchev–Trinajstić information content (AvgIpc) is 2.42. The maximum absolute atomic E-state index is 11.4. The molecular formula is C8H15NO2S. The lowest BCUT2D eigenvalue weighted by atomic mass is 10.0. The Morgan fingerprint density at radius 2 is 2.00 bits per heavy atom. The molecule has 2 rings (SSSR count). The van der Waals surface area contributed by atoms with Gasteiger partial charge >= 0.3 is 0 Å². The van der Waals surface area contributed by atoms with E-state index in [1.807, 2.05) is 6.92 Å². The van der Waals surface area contributed by atoms with E-state index in [0.717, 1.165) is 12.8 Å². The van der Waals surface area contributed by atoms with Crippen LogP contribution in [0.25, 0.3) is 0 Å². The van der Waals surface area contributed by atoms with Crippen molar-refractivity contribution in [2.24, 2.45) is 5.92 Å². The summed E-state index contributed by atoms with van der Waals surface area (Å²) in [5, 5.41) is 0. The van der Waals surface area contributed by atoms with Gasteiger partial charge in [0.15, 0.2) is 0 Å². The molecule has 0 spiro atoms. The van der Waals surface area contributed by atoms with Gasteiger partial charge in [0.05, 0.1) is 6.26 Å². The van der Waals surface area contributed by atoms with Gasteiger partial charge in [0, 0.05) is 12.1 Å². The molecule has 0 amide bonds. The Bertz CT molecular complexity index is 283. The third-order valence-electron chi connectivity index (χ3n) is 3.27. The highest BCUT2D eigenvalue weighted by Crippen LogP contribution is 2.43. The van der Waals surface area contributed by atoms with Gasteiger partial charge in [0.1, 0.15) is 0 Å². The monoisotopic (exact) mass is 189 g/mol. The van der Waals surface area contributed by atoms with Crippen molar-refractivity contribution in [2.45, 2.75) is 38.3 Å². The smallest absolute Gasteiger partial charge is 0.211 e. The third-order valence-corrected chi connectivity index (χ3v) is 4.67. The average molecular weight is 189 g/mol. The van der Waals surface area contributed by atoms with Crippen molar-refractivity contribution < 1.29 is 8.42 Å². The molecule has 2 unspecified atom stereocenters. The van der Waals surface area contributed by atoms with E-state index in [2.05, 4.69) is 0 Å². The first-order chi connectivity index (χ1) is 5.50. The van der Waals surface area contributed by atoms with E-state index in [4.69, 9.17) is 0 Å². The Hall–Kier alpha value is -0.0900. The lowest BCUT2D eigenvalue weighted by molar-refractivity contribution is 0.260. The van der Waals surface area contributed by atoms with E-state index in [-0.39, 0.29) is 6.04 Å². The second-order valence-electron chi connectivity index (χ2n) is 4.06. The fourth-order valence-corrected chi connectivity index (χ4v) is 4.28. The number of rotatable bonds is 1. The summed E-state index contributed by atoms with van der Waals surface area (Å²) in [6, 6.07) is 0.568. The van der Waals surface area contributed by atoms with Crippen molar-refractivity contribution in [1.29, 1.82) is 0 Å². The van der Waals surface area contributed by atoms with E-state index in [0.29, 0.717) is 12.0 Å². The zero-order valence-electron chi connectivity index (χ0n) is 7.53. The first kappa shape index (κ1) is 8.51. The van der Waals surface area contributed by atoms with Gasteiger partial charge < -0.3 is 0 Å². The van der Waals surface area contributed by atoms with Gasteiger partial charge in [-0.05, 0) is 32.1 Å². The standard InChI is InChI=1S/C8H15NO2S/c1-6-7-3-4-8(5-7)9(6)12(2,10)11/h6-8H,3-5H2,1-2H3/t6-,7?,8?/m1/s1. The van der Waals surface area contributed by atoms with Gasteiger partial charge in [0.2, 0.25) is 10.0 Å². The van der Waals surface area contributed by atoms with Crippen molar-refractivity contribution in [1.82, 2.24) is 4.31 Å². The highest BCUT2D eigenvalue weighted by Gasteiger charge is 2.47. The normalized spacial score (nSPS) is 42.3. The molecule has 1 saturated heterocycles. The van der Waals surface area contributed by atoms with Crippen LogP contribution in [0.4, 0.5) is 0 Å². The topological polar surface area (TPSA) is 37.4 Å². The Kier molecular flexibility index (Phi) is 1.74. The Morgan fingerprint density at radius 1 is 1.33 bits per heavy atom. The Labute approximate surface area is 73.8 Å². The summed E-state index contributed by atoms with van der Waals surface area (Å²) in [6.07, 6.45) is 4.71. The number of fused-ring (bicyclic) bond motifs is 2. The van der Waals surface area contributed by atoms with Crippen LogP contribution in [-0.4, -0.2) is 31.1 Å². The van der Waals surface area contributed by atoms with Crippen LogP contribution >= 0.6 is 0 Å². The largest absolute Gasteiger partial charge is 0.212 e. The van der Waals surface area contributed by atoms with Crippen LogP contribution in [0, 0.1) is 5.92 Å². The molecule has 1 aliphatic carbocycles. The summed E-state index contributed by atoms with van der Waals surface area (Å²) < 4.78 is 24.4. The van der Waals surface area contributed by atoms with Crippen LogP contribution in [0.1, 0.15) is 26.2 Å². The molecular weight excluding hydrogens is 174 g/mol. The van der Waals surface area contributed by atoms with Gasteiger partial charge in [-0.25, -0.2) is 8.42 Å². The van der Waals surface area contributed by atoms with Crippen molar-refractivity contribution >= 4 is 10.0 Å². The molecule has 0 aromatic rings. The molecule has 0 N–H and O–H groups in total. The molecule has 2 fully saturated rings. The first-order valence-corrected chi connectivity index (χ1v) is 6.33. The fourth-order valence-electron chi connectivity index (χ4n) is 2.77. The molecule has 4 heteroatoms. The summed E-state index contributed by atoms with van der Waals surface area (Å²) in [6.45, 7) is 2.03. The quantitative estimate of drug-likeness (QED) is 0.612. The molecule has 12 heavy (non-hydrogen) atoms. The third kappa shape index (κ3) is 1.09. The molecule has 0 aromatic heterocycles. The van der Waals surface area contributed by atoms with E-state index < -0.39 is 10.0 Å². The highest BCUT2D eigenvalue weighted by molar-refractivity contribution is 7.88. The van der Waals surface area contributed by atoms with E-state index >= 15 is 0 Å². The zero-order chi connectivity index (χ0) is 8.93. The van der Waals surface area contributed by atoms with E-state index in [9.17, 15) is 8.42 Å². The second-order valence-corrected chi connectivity index (χ2v) is 5.95. The number of hydrogen-bond donors (Lipinski definition) is 0. The summed E-state index contributed by atoms with van der Waals surface area (Å²) in [7, 11) is -2.95. The predicted octanol–water partition coefficient (Wildman–Crippen LogP) is 0.819. The van der Waals surface area contributed by atoms with Crippen molar-refractivity contribution in [3.63, 3.8) is 0 Å². The van der Waals surface area contributed by atoms with Gasteiger partial charge in [0.25, 0.3) is 0 Å². The maximum atomic E-state index is 11.4. The SMILES string of the molecule is C[C@@H]1C2CCC(C2)N1S(C)(=O)=O. The highest BCUT2D eigenvalue weighted by atomic mass is 32.2. The molecule has 1 saturated carbocycles. The Morgan fingerprint density at radius 3 is 2.33 bits per heavy atom. The zero-order valence-corrected chi connectivity index (χ0v) is 8.34. The summed E-state index contributed by atoms with van der Waals surface area (Å²) >= 11 is 0. The van der Waals surface area contributed by atoms with E-state index in [1.54, 1.807) is 4.31 Å². The summed E-state index contributed by atoms with van der Waals surface area (Å²) in [5.41, 5.74) is 0. The lowest BCUT2D eigenvalue weighted by Gasteiger charge is -2.30. The lowest BCUT2D eigenvalue weighted by Crippen LogP contribution is -2.42. The fraction of sp³-hybridized carbons (Fsp3) is 1.00. The summed E-state index contributed by atoms with van der Waals surface area (Å²) in [4.78, 5) is 0. The summed E-state index contributed by atoms with van der Waals surface area (Å²) in [5.74, 6) is 0.629. The van der Waals surface area contributed by atoms with Crippen LogP contribution in [-0.2, 0) is 10.0 Å². The molecule has 70 valence electrons. The van der Waals surface area contributed by atoms with Crippen LogP contribution in [0.2, 0.25) is 0 Å². The molecule has 2 bridgehead atoms. The van der Waals surface area contributed by atoms with Crippen molar-refractivity contribution in [3.8, 4) is 0 Å². The molecule has 1 aliphatic heterocycles. The van der Waals surface area contributed by atoms with Crippen molar-refractivity contribution in [2.75, 3.05) is 6.26 Å². The van der Waals surface area contributed by atoms with Gasteiger partial charge in [-0.15, -0.1) is 0 Å². The minimum Gasteiger partial charge on any atom is -0.212 e. The first-order valence-electron chi connectivity index (χ1n) is 4.48. The van der Waals surface area contributed by atoms with Crippen molar-refractivity contribution in [3.05, 3.63) is 0 Å². The minimum atomic E-state index is -2.95. The Balaban J connectivity index is 2.29. The van der Waals surface area contributed by atoms with Gasteiger partial charge in [-0.3, -0.25) is 0 Å². The van der Waals surface area contributed by atoms with Gasteiger partial charge in [-0.1, -0.05) is 0 Å². The van der Waals surface area contributed by atoms with Gasteiger partial charge in [-0.2, -0.15) is 4.31 Å². The van der Waals surface area contributed by atoms with Crippen LogP contribution in [0.15, 0.2) is 0 Å². The minimum absolute atomic E-state index is 0.249. The number of piperidine rings is 1. The number of sulfonamides is 1. The second kappa shape index (κ2) is 2.45. The molecule has 2 aliphatic rings. The molecule has 0 radical (unpaired) electrons. The number of nitrogens with zero attached hydrogens (tertiary/aromatic N) is 1. The molecule has 1 heterocycles. The maximum Gasteiger partial charge on any atom is 0.211 e. The predicted molar refractivity (Wildman–Crippen MR) is 47.3 cm³/mol.